The molecule has 0 rings (SSSR count). The SMILES string of the molecule is CC/C=C/C/C=C/C/C=C/C/C=C/C/C=C/C/C=C/CCCC(=O)OCC(COCCC(C(=O)O)[N+](C)(C)C)OC(=O)CCCCCCCCCCCCCCCCCCCCCCCC. The fourth-order valence-electron chi connectivity index (χ4n) is 7.75. The smallest absolute Gasteiger partial charge is 0.362 e. The van der Waals surface area contributed by atoms with E-state index in [0.717, 1.165) is 64.2 Å². The van der Waals surface area contributed by atoms with Gasteiger partial charge < -0.3 is 23.8 Å². The van der Waals surface area contributed by atoms with E-state index in [1.165, 1.54) is 122 Å². The highest BCUT2D eigenvalue weighted by atomic mass is 16.6. The lowest BCUT2D eigenvalue weighted by molar-refractivity contribution is -0.887. The van der Waals surface area contributed by atoms with Crippen LogP contribution in [0.4, 0.5) is 0 Å². The van der Waals surface area contributed by atoms with E-state index in [0.29, 0.717) is 19.3 Å². The summed E-state index contributed by atoms with van der Waals surface area (Å²) in [6.45, 7) is 4.59. The molecule has 0 saturated heterocycles. The highest BCUT2D eigenvalue weighted by Crippen LogP contribution is 2.16. The average molecular weight is 925 g/mol. The summed E-state index contributed by atoms with van der Waals surface area (Å²) in [5, 5.41) is 9.66. The van der Waals surface area contributed by atoms with Crippen LogP contribution in [-0.4, -0.2) is 80.6 Å². The second-order valence-electron chi connectivity index (χ2n) is 19.1. The molecule has 0 heterocycles. The number of nitrogens with zero attached hydrogens (tertiary/aromatic N) is 1. The quantitative estimate of drug-likeness (QED) is 0.0281. The molecule has 0 bridgehead atoms. The lowest BCUT2D eigenvalue weighted by Gasteiger charge is -2.31. The average Bonchev–Trinajstić information content (AvgIpc) is 3.28. The lowest BCUT2D eigenvalue weighted by atomic mass is 10.0. The number of allylic oxidation sites excluding steroid dienone is 12. The Hall–Kier alpha value is -3.23. The summed E-state index contributed by atoms with van der Waals surface area (Å²) in [4.78, 5) is 37.2. The molecule has 0 radical (unpaired) electrons. The Morgan fingerprint density at radius 3 is 1.24 bits per heavy atom. The summed E-state index contributed by atoms with van der Waals surface area (Å²) < 4.78 is 17.3. The number of carbonyl (C=O) groups excluding carboxylic acids is 2. The molecule has 2 unspecified atom stereocenters. The molecular formula is C58H102NO7+. The van der Waals surface area contributed by atoms with Gasteiger partial charge in [0, 0.05) is 19.3 Å². The number of esters is 2. The molecule has 8 nitrogen and oxygen atoms in total. The van der Waals surface area contributed by atoms with Gasteiger partial charge >= 0.3 is 17.9 Å². The fourth-order valence-corrected chi connectivity index (χ4v) is 7.75. The molecule has 0 aromatic carbocycles. The number of aliphatic carboxylic acids is 1. The molecule has 0 aromatic heterocycles. The minimum atomic E-state index is -0.882. The van der Waals surface area contributed by atoms with Gasteiger partial charge in [0.15, 0.2) is 12.1 Å². The van der Waals surface area contributed by atoms with Crippen LogP contribution in [0.2, 0.25) is 0 Å². The van der Waals surface area contributed by atoms with E-state index < -0.39 is 18.1 Å². The summed E-state index contributed by atoms with van der Waals surface area (Å²) in [5.41, 5.74) is 0. The number of carboxylic acid groups (broad SMARTS) is 1. The molecule has 8 heteroatoms. The second kappa shape index (κ2) is 48.2. The van der Waals surface area contributed by atoms with Gasteiger partial charge in [-0.25, -0.2) is 4.79 Å². The van der Waals surface area contributed by atoms with E-state index in [2.05, 4.69) is 86.8 Å². The zero-order valence-corrected chi connectivity index (χ0v) is 43.4. The van der Waals surface area contributed by atoms with Crippen molar-refractivity contribution in [3.05, 3.63) is 72.9 Å². The number of hydrogen-bond acceptors (Lipinski definition) is 6. The molecule has 0 fully saturated rings. The molecule has 0 aliphatic carbocycles. The van der Waals surface area contributed by atoms with Crippen LogP contribution in [0.15, 0.2) is 72.9 Å². The highest BCUT2D eigenvalue weighted by Gasteiger charge is 2.31. The van der Waals surface area contributed by atoms with Crippen molar-refractivity contribution in [2.45, 2.75) is 238 Å². The first-order valence-electron chi connectivity index (χ1n) is 27.0. The van der Waals surface area contributed by atoms with Gasteiger partial charge in [0.1, 0.15) is 6.61 Å². The fraction of sp³-hybridized carbons (Fsp3) is 0.741. The van der Waals surface area contributed by atoms with E-state index in [1.807, 2.05) is 21.1 Å². The van der Waals surface area contributed by atoms with Crippen LogP contribution in [-0.2, 0) is 28.6 Å². The Balaban J connectivity index is 4.29. The molecule has 1 N–H and O–H groups in total. The summed E-state index contributed by atoms with van der Waals surface area (Å²) >= 11 is 0. The van der Waals surface area contributed by atoms with Crippen LogP contribution >= 0.6 is 0 Å². The second-order valence-corrected chi connectivity index (χ2v) is 19.1. The van der Waals surface area contributed by atoms with Gasteiger partial charge in [-0.2, -0.15) is 0 Å². The molecule has 0 amide bonds. The maximum atomic E-state index is 12.8. The van der Waals surface area contributed by atoms with Crippen molar-refractivity contribution < 1.29 is 38.2 Å². The molecular weight excluding hydrogens is 823 g/mol. The molecule has 0 aliphatic heterocycles. The van der Waals surface area contributed by atoms with Gasteiger partial charge in [-0.05, 0) is 57.8 Å². The maximum absolute atomic E-state index is 12.8. The Morgan fingerprint density at radius 1 is 0.470 bits per heavy atom. The van der Waals surface area contributed by atoms with Crippen molar-refractivity contribution in [3.63, 3.8) is 0 Å². The summed E-state index contributed by atoms with van der Waals surface area (Å²) in [7, 11) is 5.52. The molecule has 0 saturated carbocycles. The molecule has 0 spiro atoms. The van der Waals surface area contributed by atoms with Gasteiger partial charge in [0.2, 0.25) is 0 Å². The first kappa shape index (κ1) is 62.8. The van der Waals surface area contributed by atoms with Crippen molar-refractivity contribution in [3.8, 4) is 0 Å². The monoisotopic (exact) mass is 925 g/mol. The first-order chi connectivity index (χ1) is 32.1. The zero-order chi connectivity index (χ0) is 48.4. The van der Waals surface area contributed by atoms with Crippen LogP contribution in [0.5, 0.6) is 0 Å². The molecule has 0 aromatic rings. The zero-order valence-electron chi connectivity index (χ0n) is 43.4. The van der Waals surface area contributed by atoms with Crippen molar-refractivity contribution in [2.24, 2.45) is 0 Å². The van der Waals surface area contributed by atoms with Crippen LogP contribution < -0.4 is 0 Å². The van der Waals surface area contributed by atoms with Crippen molar-refractivity contribution >= 4 is 17.9 Å². The Labute approximate surface area is 406 Å². The number of ether oxygens (including phenoxy) is 3. The van der Waals surface area contributed by atoms with Crippen LogP contribution in [0, 0.1) is 0 Å². The Morgan fingerprint density at radius 2 is 0.848 bits per heavy atom. The summed E-state index contributed by atoms with van der Waals surface area (Å²) in [5.74, 6) is -1.54. The Bertz CT molecular complexity index is 1310. The predicted molar refractivity (Wildman–Crippen MR) is 280 cm³/mol. The summed E-state index contributed by atoms with van der Waals surface area (Å²) in [6, 6.07) is -0.626. The lowest BCUT2D eigenvalue weighted by Crippen LogP contribution is -2.50. The third-order valence-corrected chi connectivity index (χ3v) is 11.9. The minimum Gasteiger partial charge on any atom is -0.477 e. The maximum Gasteiger partial charge on any atom is 0.362 e. The highest BCUT2D eigenvalue weighted by molar-refractivity contribution is 5.72. The largest absolute Gasteiger partial charge is 0.477 e. The van der Waals surface area contributed by atoms with Crippen molar-refractivity contribution in [1.29, 1.82) is 0 Å². The standard InChI is InChI=1S/C58H101NO7/c1-6-8-10-12-14-16-18-20-22-24-26-28-29-31-33-35-37-39-41-43-45-47-49-57(61)66-54(52-64-51-50-55(58(62)63)59(3,4)5)53-65-56(60)48-46-44-42-40-38-36-34-32-30-27-25-23-21-19-17-15-13-11-9-7-2/h9,11,15,17,21,23,27,30,34,36,40,42,54-55H,6-8,10,12-14,16,18-20,22,24-26,28-29,31-33,35,37-39,41,43-53H2,1-5H3/p+1/b11-9+,17-15+,23-21+,30-27+,36-34+,42-40+. The molecule has 380 valence electrons. The van der Waals surface area contributed by atoms with Gasteiger partial charge in [-0.15, -0.1) is 0 Å². The van der Waals surface area contributed by atoms with E-state index in [9.17, 15) is 19.5 Å². The topological polar surface area (TPSA) is 99.1 Å². The van der Waals surface area contributed by atoms with E-state index in [-0.39, 0.29) is 42.7 Å². The van der Waals surface area contributed by atoms with Gasteiger partial charge in [0.25, 0.3) is 0 Å². The number of hydrogen-bond donors (Lipinski definition) is 1. The van der Waals surface area contributed by atoms with Crippen LogP contribution in [0.1, 0.15) is 226 Å². The number of carbonyl (C=O) groups is 3. The molecule has 66 heavy (non-hydrogen) atoms. The van der Waals surface area contributed by atoms with Crippen LogP contribution in [0.25, 0.3) is 0 Å². The van der Waals surface area contributed by atoms with Gasteiger partial charge in [0.05, 0.1) is 34.4 Å². The van der Waals surface area contributed by atoms with Gasteiger partial charge in [-0.1, -0.05) is 222 Å². The number of rotatable bonds is 48. The summed E-state index contributed by atoms with van der Waals surface area (Å²) in [6.07, 6.45) is 62.5. The Kier molecular flexibility index (Phi) is 45.9. The van der Waals surface area contributed by atoms with E-state index >= 15 is 0 Å². The van der Waals surface area contributed by atoms with Crippen molar-refractivity contribution in [1.82, 2.24) is 0 Å². The van der Waals surface area contributed by atoms with Gasteiger partial charge in [-0.3, -0.25) is 9.59 Å². The predicted octanol–water partition coefficient (Wildman–Crippen LogP) is 15.9. The number of likely N-dealkylation sites (N-methyl/N-ethyl adjacent to an activating group) is 1. The third kappa shape index (κ3) is 45.9. The number of unbranched alkanes of at least 4 members (excludes halogenated alkanes) is 22. The van der Waals surface area contributed by atoms with Crippen LogP contribution in [0.3, 0.4) is 0 Å². The van der Waals surface area contributed by atoms with E-state index in [4.69, 9.17) is 14.2 Å². The minimum absolute atomic E-state index is 0.0421. The van der Waals surface area contributed by atoms with E-state index in [1.54, 1.807) is 0 Å². The normalized spacial score (nSPS) is 13.4. The molecule has 0 aliphatic rings. The first-order valence-corrected chi connectivity index (χ1v) is 27.0. The van der Waals surface area contributed by atoms with Crippen molar-refractivity contribution in [2.75, 3.05) is 41.0 Å². The third-order valence-electron chi connectivity index (χ3n) is 11.9. The molecule has 2 atom stereocenters. The number of quaternary nitrogens is 1. The number of carboxylic acids is 1.